The van der Waals surface area contributed by atoms with Crippen molar-refractivity contribution in [1.82, 2.24) is 4.72 Å². The molecule has 7 heteroatoms. The van der Waals surface area contributed by atoms with E-state index in [1.165, 1.54) is 24.3 Å². The highest BCUT2D eigenvalue weighted by molar-refractivity contribution is 7.89. The van der Waals surface area contributed by atoms with Crippen LogP contribution in [0, 0.1) is 11.3 Å². The molecule has 0 bridgehead atoms. The summed E-state index contributed by atoms with van der Waals surface area (Å²) < 4.78 is 26.5. The monoisotopic (exact) mass is 336 g/mol. The van der Waals surface area contributed by atoms with Crippen LogP contribution in [0.3, 0.4) is 0 Å². The predicted octanol–water partition coefficient (Wildman–Crippen LogP) is 2.22. The number of nitrogens with zero attached hydrogens (tertiary/aromatic N) is 1. The number of aliphatic hydroxyl groups excluding tert-OH is 1. The molecule has 0 fully saturated rings. The van der Waals surface area contributed by atoms with E-state index < -0.39 is 16.1 Å². The van der Waals surface area contributed by atoms with Crippen molar-refractivity contribution in [3.63, 3.8) is 0 Å². The Kier molecular flexibility index (Phi) is 5.16. The second kappa shape index (κ2) is 6.90. The minimum Gasteiger partial charge on any atom is -0.387 e. The molecule has 1 atom stereocenters. The normalized spacial score (nSPS) is 12.6. The van der Waals surface area contributed by atoms with E-state index in [-0.39, 0.29) is 11.4 Å². The van der Waals surface area contributed by atoms with Gasteiger partial charge in [-0.05, 0) is 30.3 Å². The second-order valence-electron chi connectivity index (χ2n) is 4.53. The number of hydrogen-bond acceptors (Lipinski definition) is 4. The predicted molar refractivity (Wildman–Crippen MR) is 82.8 cm³/mol. The van der Waals surface area contributed by atoms with E-state index in [1.807, 2.05) is 6.07 Å². The lowest BCUT2D eigenvalue weighted by atomic mass is 10.1. The first-order chi connectivity index (χ1) is 10.4. The zero-order valence-corrected chi connectivity index (χ0v) is 13.0. The van der Waals surface area contributed by atoms with Crippen molar-refractivity contribution in [2.24, 2.45) is 0 Å². The van der Waals surface area contributed by atoms with Gasteiger partial charge in [0.25, 0.3) is 0 Å². The summed E-state index contributed by atoms with van der Waals surface area (Å²) in [5.74, 6) is 0. The van der Waals surface area contributed by atoms with Gasteiger partial charge in [0.2, 0.25) is 10.0 Å². The van der Waals surface area contributed by atoms with E-state index in [1.54, 1.807) is 24.3 Å². The molecule has 2 aromatic carbocycles. The van der Waals surface area contributed by atoms with Gasteiger partial charge in [-0.1, -0.05) is 29.8 Å². The van der Waals surface area contributed by atoms with Crippen LogP contribution in [0.15, 0.2) is 53.4 Å². The number of aliphatic hydroxyl groups is 1. The summed E-state index contributed by atoms with van der Waals surface area (Å²) in [5, 5.41) is 19.1. The zero-order valence-electron chi connectivity index (χ0n) is 11.4. The van der Waals surface area contributed by atoms with Crippen LogP contribution < -0.4 is 4.72 Å². The average Bonchev–Trinajstić information content (AvgIpc) is 2.53. The standard InChI is InChI=1S/C15H13ClN2O3S/c16-14-4-2-1-3-13(14)15(19)10-18-22(20,21)12-7-5-11(9-17)6-8-12/h1-8,15,18-19H,10H2/t15-/m1/s1. The van der Waals surface area contributed by atoms with E-state index in [4.69, 9.17) is 16.9 Å². The van der Waals surface area contributed by atoms with Gasteiger partial charge < -0.3 is 5.11 Å². The smallest absolute Gasteiger partial charge is 0.240 e. The Morgan fingerprint density at radius 2 is 1.82 bits per heavy atom. The van der Waals surface area contributed by atoms with Crippen LogP contribution in [0.5, 0.6) is 0 Å². The molecule has 0 spiro atoms. The first-order valence-electron chi connectivity index (χ1n) is 6.36. The van der Waals surface area contributed by atoms with E-state index in [2.05, 4.69) is 4.72 Å². The number of rotatable bonds is 5. The average molecular weight is 337 g/mol. The fourth-order valence-corrected chi connectivity index (χ4v) is 3.14. The molecule has 2 N–H and O–H groups in total. The third-order valence-electron chi connectivity index (χ3n) is 3.02. The van der Waals surface area contributed by atoms with Crippen LogP contribution >= 0.6 is 11.6 Å². The van der Waals surface area contributed by atoms with Crippen molar-refractivity contribution in [3.05, 3.63) is 64.7 Å². The van der Waals surface area contributed by atoms with Gasteiger partial charge >= 0.3 is 0 Å². The van der Waals surface area contributed by atoms with Crippen LogP contribution in [0.4, 0.5) is 0 Å². The number of hydrogen-bond donors (Lipinski definition) is 2. The van der Waals surface area contributed by atoms with Crippen LogP contribution in [-0.2, 0) is 10.0 Å². The maximum atomic E-state index is 12.1. The van der Waals surface area contributed by atoms with Gasteiger partial charge in [-0.2, -0.15) is 5.26 Å². The van der Waals surface area contributed by atoms with Crippen molar-refractivity contribution in [1.29, 1.82) is 5.26 Å². The van der Waals surface area contributed by atoms with Crippen LogP contribution in [0.2, 0.25) is 5.02 Å². The van der Waals surface area contributed by atoms with Gasteiger partial charge in [0.15, 0.2) is 0 Å². The lowest BCUT2D eigenvalue weighted by molar-refractivity contribution is 0.182. The van der Waals surface area contributed by atoms with E-state index in [0.29, 0.717) is 16.1 Å². The molecule has 2 rings (SSSR count). The number of nitrogens with one attached hydrogen (secondary N) is 1. The second-order valence-corrected chi connectivity index (χ2v) is 6.70. The summed E-state index contributed by atoms with van der Waals surface area (Å²) in [5.41, 5.74) is 0.821. The number of benzene rings is 2. The Hall–Kier alpha value is -1.91. The van der Waals surface area contributed by atoms with Gasteiger partial charge in [0, 0.05) is 17.1 Å². The number of halogens is 1. The molecule has 0 aliphatic carbocycles. The Labute approximate surface area is 133 Å². The summed E-state index contributed by atoms with van der Waals surface area (Å²) in [4.78, 5) is 0.0258. The van der Waals surface area contributed by atoms with E-state index in [9.17, 15) is 13.5 Å². The Balaban J connectivity index is 2.09. The SMILES string of the molecule is N#Cc1ccc(S(=O)(=O)NC[C@@H](O)c2ccccc2Cl)cc1. The Morgan fingerprint density at radius 1 is 1.18 bits per heavy atom. The molecule has 0 saturated heterocycles. The Bertz CT molecular complexity index is 798. The van der Waals surface area contributed by atoms with Gasteiger partial charge in [-0.3, -0.25) is 0 Å². The van der Waals surface area contributed by atoms with Gasteiger partial charge in [-0.15, -0.1) is 0 Å². The van der Waals surface area contributed by atoms with Crippen molar-refractivity contribution in [3.8, 4) is 6.07 Å². The summed E-state index contributed by atoms with van der Waals surface area (Å²) in [6.07, 6.45) is -1.05. The molecule has 0 amide bonds. The maximum absolute atomic E-state index is 12.1. The summed E-state index contributed by atoms with van der Waals surface area (Å²) in [7, 11) is -3.76. The molecule has 0 unspecified atom stereocenters. The summed E-state index contributed by atoms with van der Waals surface area (Å²) in [6, 6.07) is 14.1. The Morgan fingerprint density at radius 3 is 2.41 bits per heavy atom. The first kappa shape index (κ1) is 16.5. The number of sulfonamides is 1. The molecule has 0 aliphatic rings. The highest BCUT2D eigenvalue weighted by Crippen LogP contribution is 2.22. The van der Waals surface area contributed by atoms with Crippen LogP contribution in [0.1, 0.15) is 17.2 Å². The summed E-state index contributed by atoms with van der Waals surface area (Å²) >= 11 is 5.95. The van der Waals surface area contributed by atoms with Gasteiger partial charge in [0.05, 0.1) is 22.6 Å². The lowest BCUT2D eigenvalue weighted by Gasteiger charge is -2.14. The minimum atomic E-state index is -3.76. The minimum absolute atomic E-state index is 0.0258. The lowest BCUT2D eigenvalue weighted by Crippen LogP contribution is -2.28. The number of nitriles is 1. The molecule has 0 radical (unpaired) electrons. The molecule has 114 valence electrons. The third-order valence-corrected chi connectivity index (χ3v) is 4.81. The first-order valence-corrected chi connectivity index (χ1v) is 8.22. The molecular formula is C15H13ClN2O3S. The van der Waals surface area contributed by atoms with Crippen LogP contribution in [-0.4, -0.2) is 20.1 Å². The van der Waals surface area contributed by atoms with E-state index >= 15 is 0 Å². The molecule has 2 aromatic rings. The maximum Gasteiger partial charge on any atom is 0.240 e. The van der Waals surface area contributed by atoms with Crippen LogP contribution in [0.25, 0.3) is 0 Å². The molecule has 0 saturated carbocycles. The van der Waals surface area contributed by atoms with Crippen molar-refractivity contribution < 1.29 is 13.5 Å². The highest BCUT2D eigenvalue weighted by atomic mass is 35.5. The molecular weight excluding hydrogens is 324 g/mol. The highest BCUT2D eigenvalue weighted by Gasteiger charge is 2.17. The fourth-order valence-electron chi connectivity index (χ4n) is 1.84. The van der Waals surface area contributed by atoms with Gasteiger partial charge in [0.1, 0.15) is 0 Å². The van der Waals surface area contributed by atoms with Crippen molar-refractivity contribution in [2.45, 2.75) is 11.0 Å². The van der Waals surface area contributed by atoms with Gasteiger partial charge in [-0.25, -0.2) is 13.1 Å². The molecule has 0 aliphatic heterocycles. The topological polar surface area (TPSA) is 90.2 Å². The molecule has 0 heterocycles. The quantitative estimate of drug-likeness (QED) is 0.876. The third kappa shape index (κ3) is 3.84. The summed E-state index contributed by atoms with van der Waals surface area (Å²) in [6.45, 7) is -0.202. The molecule has 5 nitrogen and oxygen atoms in total. The van der Waals surface area contributed by atoms with Crippen molar-refractivity contribution in [2.75, 3.05) is 6.54 Å². The van der Waals surface area contributed by atoms with E-state index in [0.717, 1.165) is 0 Å². The largest absolute Gasteiger partial charge is 0.387 e. The molecule has 0 aromatic heterocycles. The van der Waals surface area contributed by atoms with Crippen molar-refractivity contribution >= 4 is 21.6 Å². The molecule has 22 heavy (non-hydrogen) atoms. The zero-order chi connectivity index (χ0) is 16.2. The fraction of sp³-hybridized carbons (Fsp3) is 0.133.